The van der Waals surface area contributed by atoms with Crippen LogP contribution in [0.2, 0.25) is 0 Å². The second-order valence-electron chi connectivity index (χ2n) is 21.5. The average Bonchev–Trinajstić information content (AvgIpc) is 3.34. The first-order chi connectivity index (χ1) is 34.0. The quantitative estimate of drug-likeness (QED) is 0.0321. The summed E-state index contributed by atoms with van der Waals surface area (Å²) in [6.07, 6.45) is 68.2. The topological polar surface area (TPSA) is 95.9 Å². The fraction of sp³-hybridized carbons (Fsp3) is 0.905. The molecule has 3 atom stereocenters. The second-order valence-corrected chi connectivity index (χ2v) is 21.5. The third-order valence-corrected chi connectivity index (χ3v) is 14.6. The first kappa shape index (κ1) is 67.3. The fourth-order valence-electron chi connectivity index (χ4n) is 9.84. The molecule has 408 valence electrons. The average molecular weight is 973 g/mol. The number of ether oxygens (including phenoxy) is 1. The molecule has 69 heavy (non-hydrogen) atoms. The second kappa shape index (κ2) is 57.2. The highest BCUT2D eigenvalue weighted by atomic mass is 16.5. The van der Waals surface area contributed by atoms with Gasteiger partial charge in [-0.2, -0.15) is 0 Å². The van der Waals surface area contributed by atoms with Gasteiger partial charge in [-0.05, 0) is 51.4 Å². The summed E-state index contributed by atoms with van der Waals surface area (Å²) in [5.41, 5.74) is 0. The molecule has 6 nitrogen and oxygen atoms in total. The van der Waals surface area contributed by atoms with Gasteiger partial charge in [0.05, 0.1) is 25.2 Å². The summed E-state index contributed by atoms with van der Waals surface area (Å²) in [6, 6.07) is -0.707. The Morgan fingerprint density at radius 3 is 1.09 bits per heavy atom. The highest BCUT2D eigenvalue weighted by Gasteiger charge is 2.24. The van der Waals surface area contributed by atoms with Gasteiger partial charge < -0.3 is 20.3 Å². The molecule has 0 aromatic carbocycles. The van der Waals surface area contributed by atoms with Crippen molar-refractivity contribution in [2.45, 2.75) is 360 Å². The standard InChI is InChI=1S/C63H121NO5/c1-4-7-10-13-16-19-22-25-28-31-34-37-40-43-46-49-52-55-61(66)60(58-65)64-62(67)57-59(54-51-48-45-42-39-36-33-30-27-24-21-18-15-12-9-6-3)69-63(68)56-53-50-47-44-41-38-35-32-29-26-23-20-17-14-11-8-5-2/h30,33,36,39,59-61,65-66H,4-29,31-32,34-35,37-38,40-58H2,1-3H3,(H,64,67)/b33-30+,39-36+. The summed E-state index contributed by atoms with van der Waals surface area (Å²) in [6.45, 7) is 6.53. The van der Waals surface area contributed by atoms with Crippen LogP contribution in [0.1, 0.15) is 342 Å². The minimum absolute atomic E-state index is 0.0660. The zero-order chi connectivity index (χ0) is 50.2. The number of hydrogen-bond donors (Lipinski definition) is 3. The van der Waals surface area contributed by atoms with Crippen LogP contribution in [-0.4, -0.2) is 46.9 Å². The molecule has 0 rings (SSSR count). The molecule has 6 heteroatoms. The summed E-state index contributed by atoms with van der Waals surface area (Å²) in [5, 5.41) is 24.0. The van der Waals surface area contributed by atoms with Crippen molar-refractivity contribution < 1.29 is 24.5 Å². The number of rotatable bonds is 57. The lowest BCUT2D eigenvalue weighted by molar-refractivity contribution is -0.151. The molecule has 0 aliphatic rings. The molecule has 0 fully saturated rings. The van der Waals surface area contributed by atoms with Crippen LogP contribution in [-0.2, 0) is 14.3 Å². The molecular formula is C63H121NO5. The van der Waals surface area contributed by atoms with Crippen molar-refractivity contribution in [2.75, 3.05) is 6.61 Å². The van der Waals surface area contributed by atoms with Crippen LogP contribution in [0.25, 0.3) is 0 Å². The number of allylic oxidation sites excluding steroid dienone is 4. The van der Waals surface area contributed by atoms with Gasteiger partial charge in [-0.25, -0.2) is 0 Å². The summed E-state index contributed by atoms with van der Waals surface area (Å²) >= 11 is 0. The van der Waals surface area contributed by atoms with Crippen LogP contribution in [0, 0.1) is 0 Å². The van der Waals surface area contributed by atoms with Gasteiger partial charge >= 0.3 is 5.97 Å². The predicted octanol–water partition coefficient (Wildman–Crippen LogP) is 19.4. The molecule has 1 amide bonds. The largest absolute Gasteiger partial charge is 0.462 e. The molecule has 0 saturated heterocycles. The maximum atomic E-state index is 13.3. The molecule has 0 aromatic rings. The van der Waals surface area contributed by atoms with E-state index in [1.54, 1.807) is 0 Å². The first-order valence-electron chi connectivity index (χ1n) is 31.1. The molecule has 3 unspecified atom stereocenters. The Labute approximate surface area is 431 Å². The Morgan fingerprint density at radius 1 is 0.420 bits per heavy atom. The van der Waals surface area contributed by atoms with E-state index >= 15 is 0 Å². The number of carbonyl (C=O) groups excluding carboxylic acids is 2. The molecule has 0 heterocycles. The van der Waals surface area contributed by atoms with E-state index in [9.17, 15) is 19.8 Å². The summed E-state index contributed by atoms with van der Waals surface area (Å²) in [4.78, 5) is 26.3. The Balaban J connectivity index is 4.53. The normalized spacial score (nSPS) is 13.2. The molecule has 0 spiro atoms. The van der Waals surface area contributed by atoms with E-state index in [4.69, 9.17) is 4.74 Å². The maximum Gasteiger partial charge on any atom is 0.306 e. The van der Waals surface area contributed by atoms with Gasteiger partial charge in [0, 0.05) is 6.42 Å². The van der Waals surface area contributed by atoms with E-state index in [1.165, 1.54) is 231 Å². The molecule has 0 aromatic heterocycles. The number of carbonyl (C=O) groups is 2. The van der Waals surface area contributed by atoms with Crippen molar-refractivity contribution in [3.05, 3.63) is 24.3 Å². The first-order valence-corrected chi connectivity index (χ1v) is 31.1. The SMILES string of the molecule is CCCCCCCCC/C=C/C=C/CCCCCC(CC(=O)NC(CO)C(O)CCCCCCCCCCCCCCCCCCC)OC(=O)CCCCCCCCCCCCCCCCCCC. The molecule has 0 saturated carbocycles. The van der Waals surface area contributed by atoms with Crippen molar-refractivity contribution >= 4 is 11.9 Å². The lowest BCUT2D eigenvalue weighted by Crippen LogP contribution is -2.46. The summed E-state index contributed by atoms with van der Waals surface area (Å²) < 4.78 is 5.97. The van der Waals surface area contributed by atoms with E-state index in [1.807, 2.05) is 0 Å². The smallest absolute Gasteiger partial charge is 0.306 e. The van der Waals surface area contributed by atoms with E-state index in [2.05, 4.69) is 50.4 Å². The zero-order valence-corrected chi connectivity index (χ0v) is 46.7. The zero-order valence-electron chi connectivity index (χ0n) is 46.7. The molecule has 0 aliphatic heterocycles. The molecule has 0 aliphatic carbocycles. The highest BCUT2D eigenvalue weighted by Crippen LogP contribution is 2.19. The Hall–Kier alpha value is -1.66. The van der Waals surface area contributed by atoms with E-state index in [0.717, 1.165) is 64.2 Å². The third-order valence-electron chi connectivity index (χ3n) is 14.6. The van der Waals surface area contributed by atoms with Crippen LogP contribution >= 0.6 is 0 Å². The fourth-order valence-corrected chi connectivity index (χ4v) is 9.84. The number of esters is 1. The summed E-state index contributed by atoms with van der Waals surface area (Å²) in [7, 11) is 0. The van der Waals surface area contributed by atoms with Gasteiger partial charge in [-0.1, -0.05) is 302 Å². The Bertz CT molecular complexity index is 1090. The van der Waals surface area contributed by atoms with Gasteiger partial charge in [0.15, 0.2) is 0 Å². The lowest BCUT2D eigenvalue weighted by atomic mass is 10.0. The molecular weight excluding hydrogens is 851 g/mol. The van der Waals surface area contributed by atoms with Crippen LogP contribution in [0.3, 0.4) is 0 Å². The van der Waals surface area contributed by atoms with Gasteiger partial charge in [0.2, 0.25) is 5.91 Å². The van der Waals surface area contributed by atoms with Gasteiger partial charge in [0.25, 0.3) is 0 Å². The van der Waals surface area contributed by atoms with Crippen LogP contribution in [0.4, 0.5) is 0 Å². The summed E-state index contributed by atoms with van der Waals surface area (Å²) in [5.74, 6) is -0.477. The number of unbranched alkanes of at least 4 members (excludes halogenated alkanes) is 42. The third kappa shape index (κ3) is 52.5. The maximum absolute atomic E-state index is 13.3. The monoisotopic (exact) mass is 972 g/mol. The van der Waals surface area contributed by atoms with Gasteiger partial charge in [-0.15, -0.1) is 0 Å². The number of amides is 1. The number of aliphatic hydroxyl groups excluding tert-OH is 2. The van der Waals surface area contributed by atoms with E-state index in [-0.39, 0.29) is 24.9 Å². The van der Waals surface area contributed by atoms with Gasteiger partial charge in [0.1, 0.15) is 6.10 Å². The van der Waals surface area contributed by atoms with Crippen LogP contribution < -0.4 is 5.32 Å². The predicted molar refractivity (Wildman–Crippen MR) is 301 cm³/mol. The Morgan fingerprint density at radius 2 is 0.725 bits per heavy atom. The van der Waals surface area contributed by atoms with Crippen molar-refractivity contribution in [3.63, 3.8) is 0 Å². The van der Waals surface area contributed by atoms with Gasteiger partial charge in [-0.3, -0.25) is 9.59 Å². The van der Waals surface area contributed by atoms with Crippen molar-refractivity contribution in [3.8, 4) is 0 Å². The number of nitrogens with one attached hydrogen (secondary N) is 1. The lowest BCUT2D eigenvalue weighted by Gasteiger charge is -2.24. The highest BCUT2D eigenvalue weighted by molar-refractivity contribution is 5.77. The van der Waals surface area contributed by atoms with Crippen molar-refractivity contribution in [1.82, 2.24) is 5.32 Å². The molecule has 3 N–H and O–H groups in total. The van der Waals surface area contributed by atoms with E-state index in [0.29, 0.717) is 19.3 Å². The molecule has 0 radical (unpaired) electrons. The number of hydrogen-bond acceptors (Lipinski definition) is 5. The minimum atomic E-state index is -0.792. The Kier molecular flexibility index (Phi) is 55.9. The van der Waals surface area contributed by atoms with E-state index < -0.39 is 18.2 Å². The molecule has 0 bridgehead atoms. The minimum Gasteiger partial charge on any atom is -0.462 e. The van der Waals surface area contributed by atoms with Crippen LogP contribution in [0.15, 0.2) is 24.3 Å². The van der Waals surface area contributed by atoms with Crippen molar-refractivity contribution in [2.24, 2.45) is 0 Å². The number of aliphatic hydroxyl groups is 2. The van der Waals surface area contributed by atoms with Crippen LogP contribution in [0.5, 0.6) is 0 Å². The van der Waals surface area contributed by atoms with Crippen molar-refractivity contribution in [1.29, 1.82) is 0 Å².